The van der Waals surface area contributed by atoms with Gasteiger partial charge in [-0.05, 0) is 17.9 Å². The molecule has 0 aliphatic rings. The van der Waals surface area contributed by atoms with Gasteiger partial charge in [0.1, 0.15) is 0 Å². The molecule has 0 amide bonds. The summed E-state index contributed by atoms with van der Waals surface area (Å²) in [5.74, 6) is 0.564. The van der Waals surface area contributed by atoms with Crippen LogP contribution in [0.1, 0.15) is 32.3 Å². The minimum absolute atomic E-state index is 0.0596. The van der Waals surface area contributed by atoms with Crippen molar-refractivity contribution in [2.75, 3.05) is 5.73 Å². The van der Waals surface area contributed by atoms with E-state index in [1.54, 1.807) is 6.07 Å². The molecule has 1 aromatic rings. The van der Waals surface area contributed by atoms with Crippen molar-refractivity contribution in [1.82, 2.24) is 0 Å². The van der Waals surface area contributed by atoms with Gasteiger partial charge in [0.15, 0.2) is 0 Å². The lowest BCUT2D eigenvalue weighted by Crippen LogP contribution is -2.03. The molecule has 0 aliphatic heterocycles. The van der Waals surface area contributed by atoms with E-state index in [2.05, 4.69) is 13.8 Å². The van der Waals surface area contributed by atoms with Crippen LogP contribution in [-0.4, -0.2) is 4.92 Å². The molecule has 4 heteroatoms. The van der Waals surface area contributed by atoms with E-state index in [9.17, 15) is 10.1 Å². The summed E-state index contributed by atoms with van der Waals surface area (Å²) in [6.45, 7) is 4.32. The maximum atomic E-state index is 10.5. The summed E-state index contributed by atoms with van der Waals surface area (Å²) >= 11 is 0. The third-order valence-corrected chi connectivity index (χ3v) is 2.69. The molecule has 4 nitrogen and oxygen atoms in total. The average Bonchev–Trinajstić information content (AvgIpc) is 2.21. The first kappa shape index (κ1) is 12.5. The Morgan fingerprint density at radius 1 is 1.50 bits per heavy atom. The number of benzene rings is 1. The molecule has 0 saturated heterocycles. The van der Waals surface area contributed by atoms with E-state index in [1.165, 1.54) is 12.1 Å². The Morgan fingerprint density at radius 3 is 2.69 bits per heavy atom. The van der Waals surface area contributed by atoms with Crippen LogP contribution in [0.15, 0.2) is 18.2 Å². The summed E-state index contributed by atoms with van der Waals surface area (Å²) in [5, 5.41) is 10.5. The average molecular weight is 222 g/mol. The number of nitrogen functional groups attached to an aromatic ring is 1. The van der Waals surface area contributed by atoms with E-state index in [4.69, 9.17) is 5.73 Å². The Hall–Kier alpha value is -1.58. The highest BCUT2D eigenvalue weighted by atomic mass is 16.6. The van der Waals surface area contributed by atoms with Crippen LogP contribution in [0.2, 0.25) is 0 Å². The van der Waals surface area contributed by atoms with Crippen LogP contribution in [-0.2, 0) is 6.42 Å². The van der Waals surface area contributed by atoms with Crippen LogP contribution < -0.4 is 5.73 Å². The van der Waals surface area contributed by atoms with Crippen molar-refractivity contribution in [3.8, 4) is 0 Å². The monoisotopic (exact) mass is 222 g/mol. The molecular formula is C12H18N2O2. The van der Waals surface area contributed by atoms with Gasteiger partial charge in [0.05, 0.1) is 4.92 Å². The highest BCUT2D eigenvalue weighted by Crippen LogP contribution is 2.23. The highest BCUT2D eigenvalue weighted by Gasteiger charge is 2.10. The number of nitrogens with two attached hydrogens (primary N) is 1. The standard InChI is InChI=1S/C12H18N2O2/c1-3-4-9(2)7-10-5-6-11(14(15)16)8-12(10)13/h5-6,8-9H,3-4,7,13H2,1-2H3. The predicted molar refractivity (Wildman–Crippen MR) is 65.3 cm³/mol. The molecule has 0 saturated carbocycles. The topological polar surface area (TPSA) is 69.2 Å². The Bertz CT molecular complexity index is 377. The van der Waals surface area contributed by atoms with Crippen molar-refractivity contribution < 1.29 is 4.92 Å². The van der Waals surface area contributed by atoms with Gasteiger partial charge in [-0.2, -0.15) is 0 Å². The van der Waals surface area contributed by atoms with Crippen molar-refractivity contribution in [3.05, 3.63) is 33.9 Å². The maximum absolute atomic E-state index is 10.5. The van der Waals surface area contributed by atoms with Crippen LogP contribution >= 0.6 is 0 Å². The lowest BCUT2D eigenvalue weighted by atomic mass is 9.96. The number of nitro groups is 1. The van der Waals surface area contributed by atoms with Crippen LogP contribution in [0.5, 0.6) is 0 Å². The molecule has 0 aromatic heterocycles. The predicted octanol–water partition coefficient (Wildman–Crippen LogP) is 3.16. The summed E-state index contributed by atoms with van der Waals surface area (Å²) in [4.78, 5) is 10.1. The first-order valence-electron chi connectivity index (χ1n) is 5.57. The minimum Gasteiger partial charge on any atom is -0.398 e. The third kappa shape index (κ3) is 3.22. The SMILES string of the molecule is CCCC(C)Cc1ccc([N+](=O)[O-])cc1N. The van der Waals surface area contributed by atoms with Gasteiger partial charge in [-0.3, -0.25) is 10.1 Å². The molecule has 1 unspecified atom stereocenters. The molecule has 0 fully saturated rings. The number of nitrogens with zero attached hydrogens (tertiary/aromatic N) is 1. The van der Waals surface area contributed by atoms with E-state index in [-0.39, 0.29) is 5.69 Å². The third-order valence-electron chi connectivity index (χ3n) is 2.69. The van der Waals surface area contributed by atoms with Gasteiger partial charge in [-0.25, -0.2) is 0 Å². The number of hydrogen-bond acceptors (Lipinski definition) is 3. The lowest BCUT2D eigenvalue weighted by molar-refractivity contribution is -0.384. The second-order valence-electron chi connectivity index (χ2n) is 4.24. The molecule has 88 valence electrons. The van der Waals surface area contributed by atoms with Crippen molar-refractivity contribution in [2.45, 2.75) is 33.1 Å². The Kier molecular flexibility index (Phi) is 4.28. The van der Waals surface area contributed by atoms with Gasteiger partial charge in [0.2, 0.25) is 0 Å². The number of rotatable bonds is 5. The van der Waals surface area contributed by atoms with Gasteiger partial charge >= 0.3 is 0 Å². The Morgan fingerprint density at radius 2 is 2.19 bits per heavy atom. The van der Waals surface area contributed by atoms with E-state index in [0.717, 1.165) is 24.8 Å². The van der Waals surface area contributed by atoms with Crippen molar-refractivity contribution >= 4 is 11.4 Å². The second-order valence-corrected chi connectivity index (χ2v) is 4.24. The zero-order valence-electron chi connectivity index (χ0n) is 9.77. The number of non-ortho nitro benzene ring substituents is 1. The minimum atomic E-state index is -0.421. The van der Waals surface area contributed by atoms with Crippen LogP contribution in [0.4, 0.5) is 11.4 Å². The molecule has 1 atom stereocenters. The van der Waals surface area contributed by atoms with E-state index >= 15 is 0 Å². The fourth-order valence-electron chi connectivity index (χ4n) is 1.85. The molecule has 0 radical (unpaired) electrons. The summed E-state index contributed by atoms with van der Waals surface area (Å²) in [5.41, 5.74) is 7.39. The van der Waals surface area contributed by atoms with Gasteiger partial charge in [-0.15, -0.1) is 0 Å². The fraction of sp³-hybridized carbons (Fsp3) is 0.500. The first-order chi connectivity index (χ1) is 7.54. The zero-order valence-corrected chi connectivity index (χ0v) is 9.77. The molecule has 0 spiro atoms. The smallest absolute Gasteiger partial charge is 0.271 e. The fourth-order valence-corrected chi connectivity index (χ4v) is 1.85. The van der Waals surface area contributed by atoms with E-state index < -0.39 is 4.92 Å². The molecule has 2 N–H and O–H groups in total. The van der Waals surface area contributed by atoms with E-state index in [1.807, 2.05) is 0 Å². The normalized spacial score (nSPS) is 12.4. The molecular weight excluding hydrogens is 204 g/mol. The summed E-state index contributed by atoms with van der Waals surface area (Å²) < 4.78 is 0. The van der Waals surface area contributed by atoms with E-state index in [0.29, 0.717) is 11.6 Å². The Labute approximate surface area is 95.6 Å². The summed E-state index contributed by atoms with van der Waals surface area (Å²) in [6.07, 6.45) is 3.18. The van der Waals surface area contributed by atoms with Crippen LogP contribution in [0.3, 0.4) is 0 Å². The van der Waals surface area contributed by atoms with Crippen molar-refractivity contribution in [1.29, 1.82) is 0 Å². The number of anilines is 1. The zero-order chi connectivity index (χ0) is 12.1. The van der Waals surface area contributed by atoms with Gasteiger partial charge in [-0.1, -0.05) is 32.8 Å². The quantitative estimate of drug-likeness (QED) is 0.472. The largest absolute Gasteiger partial charge is 0.398 e. The van der Waals surface area contributed by atoms with Gasteiger partial charge in [0, 0.05) is 17.8 Å². The summed E-state index contributed by atoms with van der Waals surface area (Å²) in [6, 6.07) is 4.72. The highest BCUT2D eigenvalue weighted by molar-refractivity contribution is 5.54. The molecule has 16 heavy (non-hydrogen) atoms. The lowest BCUT2D eigenvalue weighted by Gasteiger charge is -2.11. The molecule has 0 heterocycles. The van der Waals surface area contributed by atoms with Gasteiger partial charge < -0.3 is 5.73 Å². The Balaban J connectivity index is 2.79. The van der Waals surface area contributed by atoms with Gasteiger partial charge in [0.25, 0.3) is 5.69 Å². The number of hydrogen-bond donors (Lipinski definition) is 1. The number of nitro benzene ring substituents is 1. The summed E-state index contributed by atoms with van der Waals surface area (Å²) in [7, 11) is 0. The van der Waals surface area contributed by atoms with Crippen LogP contribution in [0, 0.1) is 16.0 Å². The molecule has 1 aromatic carbocycles. The molecule has 1 rings (SSSR count). The first-order valence-corrected chi connectivity index (χ1v) is 5.57. The van der Waals surface area contributed by atoms with Crippen LogP contribution in [0.25, 0.3) is 0 Å². The second kappa shape index (κ2) is 5.49. The maximum Gasteiger partial charge on any atom is 0.271 e. The molecule has 0 bridgehead atoms. The van der Waals surface area contributed by atoms with Crippen molar-refractivity contribution in [3.63, 3.8) is 0 Å². The van der Waals surface area contributed by atoms with Crippen molar-refractivity contribution in [2.24, 2.45) is 5.92 Å². The molecule has 0 aliphatic carbocycles.